The molecule has 2 fully saturated rings. The largest absolute Gasteiger partial charge is 0.416 e. The smallest absolute Gasteiger partial charge is 0.314 e. The molecule has 0 radical (unpaired) electrons. The van der Waals surface area contributed by atoms with E-state index in [0.717, 1.165) is 44.7 Å². The highest BCUT2D eigenvalue weighted by Crippen LogP contribution is 2.36. The summed E-state index contributed by atoms with van der Waals surface area (Å²) in [5.74, 6) is 0. The molecule has 1 unspecified atom stereocenters. The van der Waals surface area contributed by atoms with Crippen LogP contribution in [-0.2, 0) is 18.9 Å². The van der Waals surface area contributed by atoms with Gasteiger partial charge < -0.3 is 5.32 Å². The molecule has 2 aliphatic rings. The van der Waals surface area contributed by atoms with Crippen LogP contribution in [0.4, 0.5) is 26.3 Å². The molecule has 154 valence electrons. The van der Waals surface area contributed by atoms with Gasteiger partial charge in [-0.3, -0.25) is 9.80 Å². The van der Waals surface area contributed by atoms with Crippen LogP contribution in [0.2, 0.25) is 0 Å². The van der Waals surface area contributed by atoms with E-state index in [0.29, 0.717) is 19.1 Å². The first-order valence-corrected chi connectivity index (χ1v) is 8.58. The molecule has 1 aromatic rings. The number of likely N-dealkylation sites (tertiary alicyclic amines) is 1. The summed E-state index contributed by atoms with van der Waals surface area (Å²) < 4.78 is 77.8. The number of alkyl halides is 6. The Hall–Kier alpha value is -1.03. The first-order chi connectivity index (χ1) is 12.1. The second kappa shape index (κ2) is 8.55. The molecule has 2 heterocycles. The summed E-state index contributed by atoms with van der Waals surface area (Å²) in [7, 11) is 0. The predicted octanol–water partition coefficient (Wildman–Crippen LogP) is 3.63. The van der Waals surface area contributed by atoms with E-state index in [-0.39, 0.29) is 30.6 Å². The van der Waals surface area contributed by atoms with E-state index in [4.69, 9.17) is 0 Å². The molecule has 2 saturated heterocycles. The molecule has 0 bridgehead atoms. The van der Waals surface area contributed by atoms with Crippen molar-refractivity contribution in [2.45, 2.75) is 31.4 Å². The molecule has 0 aliphatic carbocycles. The van der Waals surface area contributed by atoms with Crippen LogP contribution in [0.15, 0.2) is 18.2 Å². The highest BCUT2D eigenvalue weighted by Gasteiger charge is 2.37. The molecule has 0 aromatic heterocycles. The molecular formula is C17H22ClF6N3. The van der Waals surface area contributed by atoms with Crippen LogP contribution in [0.1, 0.15) is 23.1 Å². The topological polar surface area (TPSA) is 18.5 Å². The molecule has 0 spiro atoms. The van der Waals surface area contributed by atoms with Crippen LogP contribution in [0.5, 0.6) is 0 Å². The van der Waals surface area contributed by atoms with Crippen molar-refractivity contribution in [3.8, 4) is 0 Å². The lowest BCUT2D eigenvalue weighted by Crippen LogP contribution is -2.49. The Balaban J connectivity index is 0.00000261. The number of nitrogens with zero attached hydrogens (tertiary/aromatic N) is 2. The summed E-state index contributed by atoms with van der Waals surface area (Å²) in [6.07, 6.45) is -8.72. The van der Waals surface area contributed by atoms with E-state index < -0.39 is 23.5 Å². The summed E-state index contributed by atoms with van der Waals surface area (Å²) in [4.78, 5) is 4.27. The van der Waals surface area contributed by atoms with Crippen LogP contribution >= 0.6 is 12.4 Å². The maximum atomic E-state index is 13.0. The minimum atomic E-state index is -4.80. The summed E-state index contributed by atoms with van der Waals surface area (Å²) in [5, 5.41) is 3.26. The Bertz CT molecular complexity index is 596. The van der Waals surface area contributed by atoms with E-state index in [1.165, 1.54) is 0 Å². The van der Waals surface area contributed by atoms with Gasteiger partial charge in [0.1, 0.15) is 0 Å². The molecular weight excluding hydrogens is 396 g/mol. The van der Waals surface area contributed by atoms with Crippen molar-refractivity contribution >= 4 is 12.4 Å². The third-order valence-electron chi connectivity index (χ3n) is 4.97. The third-order valence-corrected chi connectivity index (χ3v) is 4.97. The Morgan fingerprint density at radius 2 is 1.44 bits per heavy atom. The maximum Gasteiger partial charge on any atom is 0.416 e. The molecule has 1 atom stereocenters. The fourth-order valence-corrected chi connectivity index (χ4v) is 3.67. The minimum absolute atomic E-state index is 0. The first kappa shape index (κ1) is 22.3. The summed E-state index contributed by atoms with van der Waals surface area (Å²) >= 11 is 0. The van der Waals surface area contributed by atoms with Gasteiger partial charge in [0.2, 0.25) is 0 Å². The Morgan fingerprint density at radius 3 is 1.96 bits per heavy atom. The van der Waals surface area contributed by atoms with Crippen molar-refractivity contribution in [3.05, 3.63) is 34.9 Å². The number of halogens is 7. The van der Waals surface area contributed by atoms with Crippen LogP contribution in [0.3, 0.4) is 0 Å². The van der Waals surface area contributed by atoms with Crippen LogP contribution < -0.4 is 5.32 Å². The lowest BCUT2D eigenvalue weighted by molar-refractivity contribution is -0.143. The molecule has 1 aromatic carbocycles. The van der Waals surface area contributed by atoms with Crippen LogP contribution in [-0.4, -0.2) is 55.1 Å². The second-order valence-electron chi connectivity index (χ2n) is 6.88. The highest BCUT2D eigenvalue weighted by atomic mass is 35.5. The van der Waals surface area contributed by atoms with Gasteiger partial charge in [0.15, 0.2) is 0 Å². The Kier molecular flexibility index (Phi) is 7.05. The zero-order valence-corrected chi connectivity index (χ0v) is 15.4. The number of nitrogens with one attached hydrogen (secondary N) is 1. The monoisotopic (exact) mass is 417 g/mol. The van der Waals surface area contributed by atoms with Crippen molar-refractivity contribution in [3.63, 3.8) is 0 Å². The van der Waals surface area contributed by atoms with Gasteiger partial charge in [0, 0.05) is 51.9 Å². The average molecular weight is 418 g/mol. The van der Waals surface area contributed by atoms with E-state index in [1.54, 1.807) is 0 Å². The summed E-state index contributed by atoms with van der Waals surface area (Å²) in [6.45, 7) is 5.07. The average Bonchev–Trinajstić information content (AvgIpc) is 3.02. The summed E-state index contributed by atoms with van der Waals surface area (Å²) in [6, 6.07) is 2.14. The molecule has 0 amide bonds. The van der Waals surface area contributed by atoms with Gasteiger partial charge >= 0.3 is 12.4 Å². The molecule has 1 N–H and O–H groups in total. The minimum Gasteiger partial charge on any atom is -0.314 e. The maximum absolute atomic E-state index is 13.0. The Morgan fingerprint density at radius 1 is 0.889 bits per heavy atom. The number of hydrogen-bond acceptors (Lipinski definition) is 3. The van der Waals surface area contributed by atoms with Gasteiger partial charge in [-0.15, -0.1) is 12.4 Å². The standard InChI is InChI=1S/C17H21F6N3.ClH/c18-16(19,20)13-7-12(8-14(9-13)17(21,22)23)10-25-4-1-15(11-25)26-5-2-24-3-6-26;/h7-9,15,24H,1-6,10-11H2;1H. The lowest BCUT2D eigenvalue weighted by Gasteiger charge is -2.32. The normalized spacial score (nSPS) is 22.7. The third kappa shape index (κ3) is 5.73. The van der Waals surface area contributed by atoms with Crippen molar-refractivity contribution in [1.29, 1.82) is 0 Å². The Labute approximate surface area is 160 Å². The molecule has 3 rings (SSSR count). The second-order valence-corrected chi connectivity index (χ2v) is 6.88. The van der Waals surface area contributed by atoms with E-state index in [9.17, 15) is 26.3 Å². The van der Waals surface area contributed by atoms with Gasteiger partial charge in [0.05, 0.1) is 11.1 Å². The van der Waals surface area contributed by atoms with Crippen molar-refractivity contribution in [1.82, 2.24) is 15.1 Å². The van der Waals surface area contributed by atoms with Crippen molar-refractivity contribution < 1.29 is 26.3 Å². The SMILES string of the molecule is Cl.FC(F)(F)c1cc(CN2CCC(N3CCNCC3)C2)cc(C(F)(F)F)c1. The fraction of sp³-hybridized carbons (Fsp3) is 0.647. The van der Waals surface area contributed by atoms with E-state index >= 15 is 0 Å². The van der Waals surface area contributed by atoms with Gasteiger partial charge in [-0.2, -0.15) is 26.3 Å². The van der Waals surface area contributed by atoms with Crippen molar-refractivity contribution in [2.75, 3.05) is 39.3 Å². The molecule has 27 heavy (non-hydrogen) atoms. The molecule has 10 heteroatoms. The van der Waals surface area contributed by atoms with E-state index in [2.05, 4.69) is 10.2 Å². The van der Waals surface area contributed by atoms with Gasteiger partial charge in [-0.25, -0.2) is 0 Å². The first-order valence-electron chi connectivity index (χ1n) is 8.58. The predicted molar refractivity (Wildman–Crippen MR) is 91.8 cm³/mol. The van der Waals surface area contributed by atoms with Crippen LogP contribution in [0.25, 0.3) is 0 Å². The summed E-state index contributed by atoms with van der Waals surface area (Å²) in [5.41, 5.74) is -2.45. The molecule has 2 aliphatic heterocycles. The molecule has 0 saturated carbocycles. The van der Waals surface area contributed by atoms with Crippen molar-refractivity contribution in [2.24, 2.45) is 0 Å². The number of hydrogen-bond donors (Lipinski definition) is 1. The van der Waals surface area contributed by atoms with E-state index in [1.807, 2.05) is 4.90 Å². The quantitative estimate of drug-likeness (QED) is 0.758. The number of rotatable bonds is 3. The highest BCUT2D eigenvalue weighted by molar-refractivity contribution is 5.85. The zero-order chi connectivity index (χ0) is 18.9. The van der Waals surface area contributed by atoms with Gasteiger partial charge in [-0.1, -0.05) is 0 Å². The zero-order valence-electron chi connectivity index (χ0n) is 14.5. The lowest BCUT2D eigenvalue weighted by atomic mass is 10.0. The van der Waals surface area contributed by atoms with Gasteiger partial charge in [-0.05, 0) is 30.2 Å². The fourth-order valence-electron chi connectivity index (χ4n) is 3.67. The number of piperazine rings is 1. The number of benzene rings is 1. The van der Waals surface area contributed by atoms with Crippen LogP contribution in [0, 0.1) is 0 Å². The molecule has 3 nitrogen and oxygen atoms in total. The van der Waals surface area contributed by atoms with Gasteiger partial charge in [0.25, 0.3) is 0 Å².